The molecule has 4 rings (SSSR count). The van der Waals surface area contributed by atoms with Crippen molar-refractivity contribution in [2.45, 2.75) is 39.8 Å². The van der Waals surface area contributed by atoms with Crippen LogP contribution >= 0.6 is 0 Å². The number of carboxylic acids is 1. The van der Waals surface area contributed by atoms with Crippen molar-refractivity contribution < 1.29 is 9.90 Å². The molecule has 164 valence electrons. The number of nitrogens with zero attached hydrogens (tertiary/aromatic N) is 1. The highest BCUT2D eigenvalue weighted by atomic mass is 16.4. The van der Waals surface area contributed by atoms with Gasteiger partial charge in [-0.2, -0.15) is 0 Å². The van der Waals surface area contributed by atoms with E-state index in [0.29, 0.717) is 19.0 Å². The van der Waals surface area contributed by atoms with Gasteiger partial charge in [0.25, 0.3) is 0 Å². The summed E-state index contributed by atoms with van der Waals surface area (Å²) in [4.78, 5) is 12.3. The molecule has 1 unspecified atom stereocenters. The molecule has 4 nitrogen and oxygen atoms in total. The molecular weight excluding hydrogens is 396 g/mol. The van der Waals surface area contributed by atoms with Crippen LogP contribution in [0, 0.1) is 13.8 Å². The normalized spacial score (nSPS) is 12.2. The smallest absolute Gasteiger partial charge is 0.0884 e. The van der Waals surface area contributed by atoms with Gasteiger partial charge in [-0.3, -0.25) is 0 Å². The molecular formula is C28H29N2O2-. The van der Waals surface area contributed by atoms with Crippen molar-refractivity contribution in [1.82, 2.24) is 9.88 Å². The number of aromatic carboxylic acids is 1. The largest absolute Gasteiger partial charge is 0.543 e. The molecule has 0 radical (unpaired) electrons. The number of rotatable bonds is 8. The number of carbonyl (C=O) groups is 1. The highest BCUT2D eigenvalue weighted by Gasteiger charge is 2.19. The number of carboxylic acid groups (broad SMARTS) is 1. The van der Waals surface area contributed by atoms with Gasteiger partial charge in [0.1, 0.15) is 0 Å². The number of aryl methyl sites for hydroxylation is 2. The molecule has 0 saturated carbocycles. The average Bonchev–Trinajstić information content (AvgIpc) is 3.08. The van der Waals surface area contributed by atoms with E-state index in [2.05, 4.69) is 49.5 Å². The van der Waals surface area contributed by atoms with Crippen LogP contribution in [0.2, 0.25) is 0 Å². The summed E-state index contributed by atoms with van der Waals surface area (Å²) in [6.07, 6.45) is 0. The molecule has 1 heterocycles. The first-order valence-corrected chi connectivity index (χ1v) is 11.1. The quantitative estimate of drug-likeness (QED) is 0.450. The molecule has 0 bridgehead atoms. The molecule has 4 heteroatoms. The van der Waals surface area contributed by atoms with Gasteiger partial charge in [-0.05, 0) is 48.1 Å². The second kappa shape index (κ2) is 9.41. The molecule has 0 spiro atoms. The Balaban J connectivity index is 1.69. The number of hydrogen-bond donors (Lipinski definition) is 1. The van der Waals surface area contributed by atoms with E-state index in [4.69, 9.17) is 0 Å². The predicted molar refractivity (Wildman–Crippen MR) is 128 cm³/mol. The van der Waals surface area contributed by atoms with Crippen LogP contribution in [0.3, 0.4) is 0 Å². The maximum Gasteiger partial charge on any atom is 0.0884 e. The van der Waals surface area contributed by atoms with Gasteiger partial charge >= 0.3 is 0 Å². The molecule has 3 aromatic carbocycles. The van der Waals surface area contributed by atoms with Crippen LogP contribution in [0.4, 0.5) is 0 Å². The van der Waals surface area contributed by atoms with E-state index in [1.807, 2.05) is 54.0 Å². The molecule has 1 aromatic heterocycles. The number of fused-ring (bicyclic) bond motifs is 1. The van der Waals surface area contributed by atoms with Crippen LogP contribution in [0.25, 0.3) is 10.9 Å². The standard InChI is InChI=1S/C28H30N2O2/c1-19-13-14-24-25(17-29-16-21(3)22-10-5-4-6-11-22)27(28(31)32)30(26(24)15-19)18-23-12-8-7-9-20(23)2/h4-15,21,29H,16-18H2,1-3H3,(H,31,32)/p-1. The van der Waals surface area contributed by atoms with E-state index in [9.17, 15) is 9.90 Å². The Morgan fingerprint density at radius 1 is 1.00 bits per heavy atom. The summed E-state index contributed by atoms with van der Waals surface area (Å²) >= 11 is 0. The van der Waals surface area contributed by atoms with Crippen LogP contribution in [-0.4, -0.2) is 17.1 Å². The maximum absolute atomic E-state index is 12.3. The minimum Gasteiger partial charge on any atom is -0.543 e. The third-order valence-corrected chi connectivity index (χ3v) is 6.23. The van der Waals surface area contributed by atoms with Crippen LogP contribution in [-0.2, 0) is 13.1 Å². The number of carbonyl (C=O) groups excluding carboxylic acids is 1. The van der Waals surface area contributed by atoms with Crippen molar-refractivity contribution in [3.8, 4) is 0 Å². The van der Waals surface area contributed by atoms with Crippen LogP contribution in [0.1, 0.15) is 51.1 Å². The Labute approximate surface area is 189 Å². The molecule has 32 heavy (non-hydrogen) atoms. The topological polar surface area (TPSA) is 57.1 Å². The lowest BCUT2D eigenvalue weighted by Crippen LogP contribution is -2.29. The zero-order chi connectivity index (χ0) is 22.7. The second-order valence-corrected chi connectivity index (χ2v) is 8.59. The van der Waals surface area contributed by atoms with Gasteiger partial charge in [0.2, 0.25) is 0 Å². The second-order valence-electron chi connectivity index (χ2n) is 8.59. The third-order valence-electron chi connectivity index (χ3n) is 6.23. The summed E-state index contributed by atoms with van der Waals surface area (Å²) in [5.74, 6) is -0.814. The van der Waals surface area contributed by atoms with Crippen LogP contribution < -0.4 is 10.4 Å². The van der Waals surface area contributed by atoms with Gasteiger partial charge in [-0.25, -0.2) is 0 Å². The Morgan fingerprint density at radius 3 is 2.44 bits per heavy atom. The van der Waals surface area contributed by atoms with Gasteiger partial charge < -0.3 is 19.8 Å². The van der Waals surface area contributed by atoms with Crippen molar-refractivity contribution >= 4 is 16.9 Å². The fourth-order valence-electron chi connectivity index (χ4n) is 4.38. The summed E-state index contributed by atoms with van der Waals surface area (Å²) in [6, 6.07) is 24.6. The van der Waals surface area contributed by atoms with Crippen molar-refractivity contribution in [3.63, 3.8) is 0 Å². The average molecular weight is 426 g/mol. The van der Waals surface area contributed by atoms with E-state index in [1.54, 1.807) is 0 Å². The zero-order valence-electron chi connectivity index (χ0n) is 18.9. The van der Waals surface area contributed by atoms with Gasteiger partial charge in [0.05, 0.1) is 11.7 Å². The first-order chi connectivity index (χ1) is 15.5. The number of nitrogens with one attached hydrogen (secondary N) is 1. The molecule has 1 atom stereocenters. The lowest BCUT2D eigenvalue weighted by atomic mass is 10.0. The highest BCUT2D eigenvalue weighted by molar-refractivity contribution is 5.97. The predicted octanol–water partition coefficient (Wildman–Crippen LogP) is 4.56. The zero-order valence-corrected chi connectivity index (χ0v) is 18.9. The monoisotopic (exact) mass is 425 g/mol. The number of hydrogen-bond acceptors (Lipinski definition) is 3. The highest BCUT2D eigenvalue weighted by Crippen LogP contribution is 2.29. The molecule has 0 aliphatic rings. The van der Waals surface area contributed by atoms with Crippen LogP contribution in [0.15, 0.2) is 72.8 Å². The first-order valence-electron chi connectivity index (χ1n) is 11.1. The van der Waals surface area contributed by atoms with Crippen molar-refractivity contribution in [1.29, 1.82) is 0 Å². The minimum atomic E-state index is -1.14. The minimum absolute atomic E-state index is 0.258. The Bertz CT molecular complexity index is 1240. The molecule has 0 saturated heterocycles. The van der Waals surface area contributed by atoms with E-state index < -0.39 is 5.97 Å². The molecule has 0 fully saturated rings. The third kappa shape index (κ3) is 4.46. The summed E-state index contributed by atoms with van der Waals surface area (Å²) in [6.45, 7) is 7.98. The van der Waals surface area contributed by atoms with E-state index in [1.165, 1.54) is 5.56 Å². The van der Waals surface area contributed by atoms with Crippen LogP contribution in [0.5, 0.6) is 0 Å². The first kappa shape index (κ1) is 21.8. The van der Waals surface area contributed by atoms with Crippen molar-refractivity contribution in [3.05, 3.63) is 106 Å². The Morgan fingerprint density at radius 2 is 1.72 bits per heavy atom. The molecule has 0 amide bonds. The van der Waals surface area contributed by atoms with E-state index >= 15 is 0 Å². The lowest BCUT2D eigenvalue weighted by Gasteiger charge is -2.16. The molecule has 0 aliphatic heterocycles. The van der Waals surface area contributed by atoms with E-state index in [-0.39, 0.29) is 5.69 Å². The summed E-state index contributed by atoms with van der Waals surface area (Å²) in [5, 5.41) is 16.8. The molecule has 1 N–H and O–H groups in total. The number of aromatic nitrogens is 1. The van der Waals surface area contributed by atoms with Crippen molar-refractivity contribution in [2.75, 3.05) is 6.54 Å². The lowest BCUT2D eigenvalue weighted by molar-refractivity contribution is -0.255. The summed E-state index contributed by atoms with van der Waals surface area (Å²) in [7, 11) is 0. The van der Waals surface area contributed by atoms with Gasteiger partial charge in [0.15, 0.2) is 0 Å². The molecule has 0 aliphatic carbocycles. The fraction of sp³-hybridized carbons (Fsp3) is 0.250. The number of benzene rings is 3. The summed E-state index contributed by atoms with van der Waals surface area (Å²) < 4.78 is 1.90. The fourth-order valence-corrected chi connectivity index (χ4v) is 4.38. The Kier molecular flexibility index (Phi) is 6.42. The summed E-state index contributed by atoms with van der Waals surface area (Å²) in [5.41, 5.74) is 6.58. The molecule has 4 aromatic rings. The van der Waals surface area contributed by atoms with Gasteiger partial charge in [-0.15, -0.1) is 0 Å². The SMILES string of the molecule is Cc1ccc2c(CNCC(C)c3ccccc3)c(C(=O)[O-])n(Cc3ccccc3C)c2c1. The maximum atomic E-state index is 12.3. The van der Waals surface area contributed by atoms with Gasteiger partial charge in [-0.1, -0.05) is 73.7 Å². The van der Waals surface area contributed by atoms with Gasteiger partial charge in [0, 0.05) is 36.1 Å². The van der Waals surface area contributed by atoms with E-state index in [0.717, 1.165) is 39.7 Å². The van der Waals surface area contributed by atoms with Crippen molar-refractivity contribution in [2.24, 2.45) is 0 Å². The Hall–Kier alpha value is -3.37.